The highest BCUT2D eigenvalue weighted by atomic mass is 16.5. The van der Waals surface area contributed by atoms with Crippen LogP contribution in [0.5, 0.6) is 5.75 Å². The fraction of sp³-hybridized carbons (Fsp3) is 0.400. The minimum Gasteiger partial charge on any atom is -0.490 e. The molecule has 0 spiro atoms. The van der Waals surface area contributed by atoms with Gasteiger partial charge in [-0.2, -0.15) is 0 Å². The third-order valence-corrected chi connectivity index (χ3v) is 7.68. The van der Waals surface area contributed by atoms with E-state index >= 15 is 0 Å². The zero-order chi connectivity index (χ0) is 27.4. The summed E-state index contributed by atoms with van der Waals surface area (Å²) in [4.78, 5) is 19.4. The first-order chi connectivity index (χ1) is 18.2. The molecular formula is C30H40N6O2. The maximum Gasteiger partial charge on any atom is 0.221 e. The second-order valence-corrected chi connectivity index (χ2v) is 10.1. The summed E-state index contributed by atoms with van der Waals surface area (Å²) in [5.74, 6) is 6.18. The van der Waals surface area contributed by atoms with Crippen LogP contribution in [0.1, 0.15) is 53.3 Å². The number of hydrazine groups is 1. The number of hydrogen-bond acceptors (Lipinski definition) is 7. The highest BCUT2D eigenvalue weighted by Gasteiger charge is 2.29. The SMILES string of the molecule is CCN(N)c1ccc(C(c2ccc(C)c(CN3CCOc4cccnc4C3)c2)C(C)C(N)=O)c(C)c1NC. The smallest absolute Gasteiger partial charge is 0.221 e. The summed E-state index contributed by atoms with van der Waals surface area (Å²) in [6.07, 6.45) is 1.81. The summed E-state index contributed by atoms with van der Waals surface area (Å²) in [6, 6.07) is 14.5. The lowest BCUT2D eigenvalue weighted by molar-refractivity contribution is -0.121. The highest BCUT2D eigenvalue weighted by Crippen LogP contribution is 2.40. The van der Waals surface area contributed by atoms with Crippen LogP contribution in [0.4, 0.5) is 11.4 Å². The number of fused-ring (bicyclic) bond motifs is 1. The van der Waals surface area contributed by atoms with Gasteiger partial charge in [-0.1, -0.05) is 31.2 Å². The zero-order valence-corrected chi connectivity index (χ0v) is 23.1. The first kappa shape index (κ1) is 27.4. The van der Waals surface area contributed by atoms with Crippen LogP contribution in [0.2, 0.25) is 0 Å². The van der Waals surface area contributed by atoms with E-state index in [4.69, 9.17) is 16.3 Å². The number of hydrogen-bond donors (Lipinski definition) is 3. The number of anilines is 2. The van der Waals surface area contributed by atoms with Crippen molar-refractivity contribution >= 4 is 17.3 Å². The summed E-state index contributed by atoms with van der Waals surface area (Å²) in [5, 5.41) is 5.04. The monoisotopic (exact) mass is 516 g/mol. The number of aromatic nitrogens is 1. The Morgan fingerprint density at radius 3 is 2.74 bits per heavy atom. The molecule has 1 aliphatic heterocycles. The molecule has 0 aliphatic carbocycles. The molecule has 1 amide bonds. The zero-order valence-electron chi connectivity index (χ0n) is 23.1. The molecular weight excluding hydrogens is 476 g/mol. The number of carbonyl (C=O) groups excluding carboxylic acids is 1. The number of aryl methyl sites for hydroxylation is 1. The molecule has 2 unspecified atom stereocenters. The predicted molar refractivity (Wildman–Crippen MR) is 153 cm³/mol. The molecule has 5 N–H and O–H groups in total. The first-order valence-corrected chi connectivity index (χ1v) is 13.3. The predicted octanol–water partition coefficient (Wildman–Crippen LogP) is 4.09. The maximum absolute atomic E-state index is 12.5. The Kier molecular flexibility index (Phi) is 8.54. The fourth-order valence-electron chi connectivity index (χ4n) is 5.36. The number of nitrogens with zero attached hydrogens (tertiary/aromatic N) is 3. The topological polar surface area (TPSA) is 110 Å². The first-order valence-electron chi connectivity index (χ1n) is 13.3. The van der Waals surface area contributed by atoms with Gasteiger partial charge in [0, 0.05) is 51.3 Å². The van der Waals surface area contributed by atoms with Gasteiger partial charge in [0.15, 0.2) is 0 Å². The average molecular weight is 517 g/mol. The Labute approximate surface area is 225 Å². The van der Waals surface area contributed by atoms with Gasteiger partial charge in [-0.3, -0.25) is 14.7 Å². The lowest BCUT2D eigenvalue weighted by atomic mass is 9.78. The minimum atomic E-state index is -0.400. The van der Waals surface area contributed by atoms with Crippen LogP contribution in [-0.2, 0) is 17.9 Å². The van der Waals surface area contributed by atoms with Crippen molar-refractivity contribution in [3.05, 3.63) is 82.2 Å². The summed E-state index contributed by atoms with van der Waals surface area (Å²) in [7, 11) is 1.90. The van der Waals surface area contributed by atoms with Gasteiger partial charge in [-0.25, -0.2) is 5.84 Å². The number of rotatable bonds is 9. The number of ether oxygens (including phenoxy) is 1. The van der Waals surface area contributed by atoms with Crippen molar-refractivity contribution in [2.24, 2.45) is 17.5 Å². The third-order valence-electron chi connectivity index (χ3n) is 7.68. The van der Waals surface area contributed by atoms with Gasteiger partial charge in [0.25, 0.3) is 0 Å². The second kappa shape index (κ2) is 11.8. The molecule has 2 heterocycles. The molecule has 0 bridgehead atoms. The molecule has 0 fully saturated rings. The van der Waals surface area contributed by atoms with E-state index in [2.05, 4.69) is 53.3 Å². The van der Waals surface area contributed by atoms with Crippen molar-refractivity contribution in [3.63, 3.8) is 0 Å². The van der Waals surface area contributed by atoms with Gasteiger partial charge in [-0.15, -0.1) is 0 Å². The number of amides is 1. The number of nitrogens with one attached hydrogen (secondary N) is 1. The van der Waals surface area contributed by atoms with E-state index in [1.165, 1.54) is 11.1 Å². The van der Waals surface area contributed by atoms with E-state index in [0.717, 1.165) is 59.1 Å². The minimum absolute atomic E-state index is 0.198. The molecule has 8 heteroatoms. The number of primary amides is 1. The van der Waals surface area contributed by atoms with Crippen molar-refractivity contribution in [2.75, 3.05) is 37.1 Å². The molecule has 3 aromatic rings. The van der Waals surface area contributed by atoms with Crippen molar-refractivity contribution in [1.29, 1.82) is 0 Å². The molecule has 38 heavy (non-hydrogen) atoms. The molecule has 1 aliphatic rings. The van der Waals surface area contributed by atoms with Crippen molar-refractivity contribution in [3.8, 4) is 5.75 Å². The molecule has 1 aromatic heterocycles. The lowest BCUT2D eigenvalue weighted by Gasteiger charge is -2.29. The van der Waals surface area contributed by atoms with Gasteiger partial charge in [0.1, 0.15) is 12.4 Å². The van der Waals surface area contributed by atoms with Crippen molar-refractivity contribution < 1.29 is 9.53 Å². The van der Waals surface area contributed by atoms with Crippen LogP contribution < -0.4 is 26.6 Å². The standard InChI is InChI=1S/C30H40N6O2/c1-6-36(32)26-12-11-24(20(3)29(26)33-5)28(21(4)30(31)37)22-10-9-19(2)23(16-22)17-35-14-15-38-27-8-7-13-34-25(27)18-35/h7-13,16,21,28,33H,6,14-15,17-18,32H2,1-5H3,(H2,31,37). The summed E-state index contributed by atoms with van der Waals surface area (Å²) < 4.78 is 5.92. The van der Waals surface area contributed by atoms with E-state index < -0.39 is 5.92 Å². The maximum atomic E-state index is 12.5. The van der Waals surface area contributed by atoms with Crippen molar-refractivity contribution in [1.82, 2.24) is 9.88 Å². The Balaban J connectivity index is 1.73. The quantitative estimate of drug-likeness (QED) is 0.290. The van der Waals surface area contributed by atoms with Crippen LogP contribution >= 0.6 is 0 Å². The van der Waals surface area contributed by atoms with E-state index in [9.17, 15) is 4.79 Å². The summed E-state index contributed by atoms with van der Waals surface area (Å²) in [5.41, 5.74) is 14.3. The van der Waals surface area contributed by atoms with E-state index in [1.54, 1.807) is 5.01 Å². The molecule has 202 valence electrons. The Morgan fingerprint density at radius 1 is 1.24 bits per heavy atom. The van der Waals surface area contributed by atoms with Crippen LogP contribution in [0.15, 0.2) is 48.7 Å². The van der Waals surface area contributed by atoms with Gasteiger partial charge < -0.3 is 20.8 Å². The van der Waals surface area contributed by atoms with E-state index in [-0.39, 0.29) is 11.8 Å². The normalized spacial score (nSPS) is 15.1. The van der Waals surface area contributed by atoms with Crippen LogP contribution in [-0.4, -0.2) is 42.5 Å². The Bertz CT molecular complexity index is 1290. The number of benzene rings is 2. The summed E-state index contributed by atoms with van der Waals surface area (Å²) in [6.45, 7) is 11.7. The van der Waals surface area contributed by atoms with Gasteiger partial charge in [0.2, 0.25) is 5.91 Å². The molecule has 8 nitrogen and oxygen atoms in total. The lowest BCUT2D eigenvalue weighted by Crippen LogP contribution is -2.31. The summed E-state index contributed by atoms with van der Waals surface area (Å²) >= 11 is 0. The molecule has 2 atom stereocenters. The molecule has 4 rings (SSSR count). The average Bonchev–Trinajstić information content (AvgIpc) is 3.12. The largest absolute Gasteiger partial charge is 0.490 e. The van der Waals surface area contributed by atoms with Crippen LogP contribution in [0.3, 0.4) is 0 Å². The van der Waals surface area contributed by atoms with Gasteiger partial charge >= 0.3 is 0 Å². The number of nitrogens with two attached hydrogens (primary N) is 2. The fourth-order valence-corrected chi connectivity index (χ4v) is 5.36. The van der Waals surface area contributed by atoms with E-state index in [0.29, 0.717) is 13.2 Å². The highest BCUT2D eigenvalue weighted by molar-refractivity contribution is 5.80. The molecule has 0 saturated heterocycles. The van der Waals surface area contributed by atoms with Crippen molar-refractivity contribution in [2.45, 2.75) is 46.7 Å². The Morgan fingerprint density at radius 2 is 2.03 bits per heavy atom. The molecule has 0 saturated carbocycles. The number of carbonyl (C=O) groups is 1. The van der Waals surface area contributed by atoms with E-state index in [1.807, 2.05) is 45.3 Å². The van der Waals surface area contributed by atoms with Gasteiger partial charge in [0.05, 0.1) is 17.1 Å². The second-order valence-electron chi connectivity index (χ2n) is 10.1. The molecule has 0 radical (unpaired) electrons. The number of pyridine rings is 1. The van der Waals surface area contributed by atoms with Gasteiger partial charge in [-0.05, 0) is 66.8 Å². The Hall–Kier alpha value is -3.62. The van der Waals surface area contributed by atoms with Crippen LogP contribution in [0, 0.1) is 19.8 Å². The molecule has 2 aromatic carbocycles. The van der Waals surface area contributed by atoms with Crippen LogP contribution in [0.25, 0.3) is 0 Å². The third kappa shape index (κ3) is 5.61.